The van der Waals surface area contributed by atoms with E-state index >= 15 is 0 Å². The van der Waals surface area contributed by atoms with Crippen LogP contribution in [0.4, 0.5) is 0 Å². The number of rotatable bonds is 7. The standard InChI is InChI=1S/C24H30N4O3/c1-3-6-17-8-9-20-21-18(14-27(20)24(17)31)19(15-29)22(23(30)26-10-4-2)28(21)13-16-7-5-11-25-12-16/h3,5-9,11-12,18-19,21-22,29H,4,10,13-15H2,1-2H3,(H,26,30)/b6-3+/t18-,19-,21+,22-/m1/s1. The summed E-state index contributed by atoms with van der Waals surface area (Å²) < 4.78 is 1.82. The smallest absolute Gasteiger partial charge is 0.258 e. The number of likely N-dealkylation sites (tertiary alicyclic amines) is 1. The van der Waals surface area contributed by atoms with Gasteiger partial charge in [0.15, 0.2) is 0 Å². The van der Waals surface area contributed by atoms with Gasteiger partial charge in [-0.1, -0.05) is 25.1 Å². The normalized spacial score (nSPS) is 25.0. The molecular weight excluding hydrogens is 392 g/mol. The highest BCUT2D eigenvalue weighted by Gasteiger charge is 2.55. The SMILES string of the molecule is C/C=C/c1ccc2n(c1=O)C[C@@H]1[C@@H](CO)[C@H](C(=O)NCCC)N(Cc3cccnc3)[C@H]21. The number of pyridine rings is 2. The van der Waals surface area contributed by atoms with Crippen molar-refractivity contribution in [1.29, 1.82) is 0 Å². The van der Waals surface area contributed by atoms with Crippen LogP contribution >= 0.6 is 0 Å². The minimum absolute atomic E-state index is 0.00685. The van der Waals surface area contributed by atoms with E-state index in [1.807, 2.05) is 54.8 Å². The zero-order chi connectivity index (χ0) is 22.0. The van der Waals surface area contributed by atoms with Crippen molar-refractivity contribution in [3.63, 3.8) is 0 Å². The van der Waals surface area contributed by atoms with Gasteiger partial charge in [0.25, 0.3) is 5.56 Å². The maximum Gasteiger partial charge on any atom is 0.258 e. The van der Waals surface area contributed by atoms with E-state index < -0.39 is 6.04 Å². The Morgan fingerprint density at radius 1 is 1.35 bits per heavy atom. The van der Waals surface area contributed by atoms with Crippen molar-refractivity contribution in [3.8, 4) is 0 Å². The first-order chi connectivity index (χ1) is 15.1. The highest BCUT2D eigenvalue weighted by Crippen LogP contribution is 2.49. The molecule has 4 atom stereocenters. The Balaban J connectivity index is 1.77. The number of amides is 1. The van der Waals surface area contributed by atoms with Gasteiger partial charge in [-0.3, -0.25) is 19.5 Å². The third-order valence-corrected chi connectivity index (χ3v) is 6.47. The monoisotopic (exact) mass is 422 g/mol. The molecule has 4 heterocycles. The summed E-state index contributed by atoms with van der Waals surface area (Å²) in [5.41, 5.74) is 2.55. The first kappa shape index (κ1) is 21.5. The molecule has 0 aliphatic carbocycles. The summed E-state index contributed by atoms with van der Waals surface area (Å²) in [6.45, 7) is 5.46. The van der Waals surface area contributed by atoms with Crippen molar-refractivity contribution in [2.45, 2.75) is 45.4 Å². The molecule has 0 unspecified atom stereocenters. The largest absolute Gasteiger partial charge is 0.396 e. The van der Waals surface area contributed by atoms with Gasteiger partial charge in [0.05, 0.1) is 12.1 Å². The van der Waals surface area contributed by atoms with Crippen molar-refractivity contribution < 1.29 is 9.90 Å². The molecule has 0 saturated carbocycles. The summed E-state index contributed by atoms with van der Waals surface area (Å²) in [6.07, 6.45) is 8.06. The van der Waals surface area contributed by atoms with Crippen molar-refractivity contribution in [1.82, 2.24) is 19.8 Å². The molecule has 7 heteroatoms. The Morgan fingerprint density at radius 2 is 2.19 bits per heavy atom. The number of nitrogens with zero attached hydrogens (tertiary/aromatic N) is 3. The molecule has 0 spiro atoms. The molecule has 7 nitrogen and oxygen atoms in total. The van der Waals surface area contributed by atoms with Crippen LogP contribution in [-0.2, 0) is 17.9 Å². The predicted molar refractivity (Wildman–Crippen MR) is 119 cm³/mol. The van der Waals surface area contributed by atoms with Gasteiger partial charge in [0.1, 0.15) is 0 Å². The fourth-order valence-electron chi connectivity index (χ4n) is 5.16. The number of aliphatic hydroxyl groups excluding tert-OH is 1. The average Bonchev–Trinajstić information content (AvgIpc) is 3.30. The third kappa shape index (κ3) is 3.83. The van der Waals surface area contributed by atoms with Gasteiger partial charge >= 0.3 is 0 Å². The molecule has 2 N–H and O–H groups in total. The van der Waals surface area contributed by atoms with Crippen molar-refractivity contribution >= 4 is 12.0 Å². The van der Waals surface area contributed by atoms with Crippen molar-refractivity contribution in [2.24, 2.45) is 11.8 Å². The molecule has 4 rings (SSSR count). The summed E-state index contributed by atoms with van der Waals surface area (Å²) >= 11 is 0. The number of carbonyl (C=O) groups is 1. The molecular formula is C24H30N4O3. The highest BCUT2D eigenvalue weighted by molar-refractivity contribution is 5.82. The fraction of sp³-hybridized carbons (Fsp3) is 0.458. The molecule has 1 amide bonds. The van der Waals surface area contributed by atoms with Gasteiger partial charge in [-0.05, 0) is 37.1 Å². The summed E-state index contributed by atoms with van der Waals surface area (Å²) in [5, 5.41) is 13.3. The van der Waals surface area contributed by atoms with Crippen molar-refractivity contribution in [2.75, 3.05) is 13.2 Å². The van der Waals surface area contributed by atoms with Gasteiger partial charge in [-0.25, -0.2) is 0 Å². The quantitative estimate of drug-likeness (QED) is 0.712. The van der Waals surface area contributed by atoms with Crippen LogP contribution in [0.3, 0.4) is 0 Å². The Kier molecular flexibility index (Phi) is 6.34. The number of nitrogens with one attached hydrogen (secondary N) is 1. The van der Waals surface area contributed by atoms with Crippen LogP contribution in [0.15, 0.2) is 47.5 Å². The second kappa shape index (κ2) is 9.16. The molecule has 2 aromatic rings. The highest BCUT2D eigenvalue weighted by atomic mass is 16.3. The predicted octanol–water partition coefficient (Wildman–Crippen LogP) is 1.97. The lowest BCUT2D eigenvalue weighted by molar-refractivity contribution is -0.128. The van der Waals surface area contributed by atoms with E-state index in [-0.39, 0.29) is 36.0 Å². The summed E-state index contributed by atoms with van der Waals surface area (Å²) in [5.74, 6) is -0.311. The fourth-order valence-corrected chi connectivity index (χ4v) is 5.16. The van der Waals surface area contributed by atoms with Gasteiger partial charge in [-0.15, -0.1) is 0 Å². The van der Waals surface area contributed by atoms with Crippen LogP contribution < -0.4 is 10.9 Å². The second-order valence-electron chi connectivity index (χ2n) is 8.35. The molecule has 0 aromatic carbocycles. The van der Waals surface area contributed by atoms with Crippen LogP contribution in [0, 0.1) is 11.8 Å². The van der Waals surface area contributed by atoms with Crippen LogP contribution in [0.2, 0.25) is 0 Å². The summed E-state index contributed by atoms with van der Waals surface area (Å²) in [4.78, 5) is 32.6. The van der Waals surface area contributed by atoms with E-state index in [0.717, 1.165) is 17.7 Å². The van der Waals surface area contributed by atoms with Crippen LogP contribution in [0.5, 0.6) is 0 Å². The molecule has 1 fully saturated rings. The van der Waals surface area contributed by atoms with E-state index in [9.17, 15) is 14.7 Å². The van der Waals surface area contributed by atoms with Crippen LogP contribution in [-0.4, -0.2) is 44.7 Å². The minimum atomic E-state index is -0.453. The summed E-state index contributed by atoms with van der Waals surface area (Å²) in [6, 6.07) is 7.17. The van der Waals surface area contributed by atoms with E-state index in [0.29, 0.717) is 25.2 Å². The number of hydrogen-bond donors (Lipinski definition) is 2. The molecule has 164 valence electrons. The van der Waals surface area contributed by atoms with Crippen LogP contribution in [0.25, 0.3) is 6.08 Å². The van der Waals surface area contributed by atoms with Gasteiger partial charge in [-0.2, -0.15) is 0 Å². The van der Waals surface area contributed by atoms with Gasteiger partial charge in [0.2, 0.25) is 5.91 Å². The molecule has 31 heavy (non-hydrogen) atoms. The van der Waals surface area contributed by atoms with E-state index in [1.165, 1.54) is 0 Å². The lowest BCUT2D eigenvalue weighted by Crippen LogP contribution is -2.48. The second-order valence-corrected chi connectivity index (χ2v) is 8.35. The zero-order valence-corrected chi connectivity index (χ0v) is 18.1. The maximum absolute atomic E-state index is 13.2. The first-order valence-electron chi connectivity index (χ1n) is 11.0. The van der Waals surface area contributed by atoms with Gasteiger partial charge < -0.3 is 15.0 Å². The summed E-state index contributed by atoms with van der Waals surface area (Å²) in [7, 11) is 0. The van der Waals surface area contributed by atoms with Crippen LogP contribution in [0.1, 0.15) is 43.1 Å². The van der Waals surface area contributed by atoms with Crippen molar-refractivity contribution in [3.05, 3.63) is 69.9 Å². The Morgan fingerprint density at radius 3 is 2.87 bits per heavy atom. The minimum Gasteiger partial charge on any atom is -0.396 e. The van der Waals surface area contributed by atoms with E-state index in [1.54, 1.807) is 12.4 Å². The number of hydrogen-bond acceptors (Lipinski definition) is 5. The average molecular weight is 423 g/mol. The third-order valence-electron chi connectivity index (χ3n) is 6.47. The van der Waals surface area contributed by atoms with Gasteiger partial charge in [0, 0.05) is 61.7 Å². The Labute approximate surface area is 182 Å². The molecule has 0 bridgehead atoms. The lowest BCUT2D eigenvalue weighted by atomic mass is 9.88. The zero-order valence-electron chi connectivity index (χ0n) is 18.1. The number of aliphatic hydroxyl groups is 1. The Bertz CT molecular complexity index is 1020. The van der Waals surface area contributed by atoms with E-state index in [4.69, 9.17) is 0 Å². The number of fused-ring (bicyclic) bond motifs is 3. The topological polar surface area (TPSA) is 87.5 Å². The number of carbonyl (C=O) groups excluding carboxylic acids is 1. The molecule has 2 aliphatic rings. The Hall–Kier alpha value is -2.77. The molecule has 1 saturated heterocycles. The lowest BCUT2D eigenvalue weighted by Gasteiger charge is -2.30. The number of aromatic nitrogens is 2. The number of allylic oxidation sites excluding steroid dienone is 1. The molecule has 0 radical (unpaired) electrons. The molecule has 2 aliphatic heterocycles. The maximum atomic E-state index is 13.2. The first-order valence-corrected chi connectivity index (χ1v) is 11.0. The molecule has 2 aromatic heterocycles. The van der Waals surface area contributed by atoms with E-state index in [2.05, 4.69) is 15.2 Å².